The van der Waals surface area contributed by atoms with E-state index in [0.717, 1.165) is 71.3 Å². The van der Waals surface area contributed by atoms with Crippen molar-refractivity contribution in [2.24, 2.45) is 10.9 Å². The molecule has 0 spiro atoms. The minimum absolute atomic E-state index is 0. The summed E-state index contributed by atoms with van der Waals surface area (Å²) in [6.07, 6.45) is 3.24. The Hall–Kier alpha value is -0.0800. The van der Waals surface area contributed by atoms with Crippen molar-refractivity contribution in [2.75, 3.05) is 46.1 Å². The third-order valence-corrected chi connectivity index (χ3v) is 2.89. The van der Waals surface area contributed by atoms with E-state index in [1.165, 1.54) is 0 Å². The van der Waals surface area contributed by atoms with Crippen molar-refractivity contribution in [1.29, 1.82) is 0 Å². The number of halogens is 1. The van der Waals surface area contributed by atoms with Crippen LogP contribution in [-0.2, 0) is 9.47 Å². The van der Waals surface area contributed by atoms with E-state index in [9.17, 15) is 0 Å². The van der Waals surface area contributed by atoms with Crippen molar-refractivity contribution < 1.29 is 9.47 Å². The molecule has 0 heterocycles. The predicted octanol–water partition coefficient (Wildman–Crippen LogP) is 3.04. The Morgan fingerprint density at radius 3 is 2.41 bits per heavy atom. The van der Waals surface area contributed by atoms with Gasteiger partial charge in [-0.2, -0.15) is 0 Å². The fourth-order valence-electron chi connectivity index (χ4n) is 1.66. The molecule has 22 heavy (non-hydrogen) atoms. The van der Waals surface area contributed by atoms with E-state index in [4.69, 9.17) is 9.47 Å². The van der Waals surface area contributed by atoms with Gasteiger partial charge in [0.05, 0.1) is 6.61 Å². The van der Waals surface area contributed by atoms with E-state index < -0.39 is 0 Å². The predicted molar refractivity (Wildman–Crippen MR) is 105 cm³/mol. The average molecular weight is 429 g/mol. The number of hydrogen-bond acceptors (Lipinski definition) is 3. The van der Waals surface area contributed by atoms with Crippen LogP contribution in [0.5, 0.6) is 0 Å². The molecular formula is C16H36IN3O2. The maximum Gasteiger partial charge on any atom is 0.191 e. The lowest BCUT2D eigenvalue weighted by Gasteiger charge is -2.12. The Balaban J connectivity index is 0. The van der Waals surface area contributed by atoms with Crippen LogP contribution in [-0.4, -0.2) is 52.0 Å². The van der Waals surface area contributed by atoms with Gasteiger partial charge in [-0.25, -0.2) is 0 Å². The van der Waals surface area contributed by atoms with Crippen LogP contribution in [0.1, 0.15) is 47.0 Å². The number of nitrogens with zero attached hydrogens (tertiary/aromatic N) is 1. The summed E-state index contributed by atoms with van der Waals surface area (Å²) >= 11 is 0. The molecule has 0 aliphatic carbocycles. The number of ether oxygens (including phenoxy) is 2. The number of rotatable bonds is 13. The number of hydrogen-bond donors (Lipinski definition) is 2. The summed E-state index contributed by atoms with van der Waals surface area (Å²) in [6.45, 7) is 14.2. The first kappa shape index (κ1) is 24.2. The van der Waals surface area contributed by atoms with E-state index in [0.29, 0.717) is 5.92 Å². The van der Waals surface area contributed by atoms with Crippen molar-refractivity contribution in [1.82, 2.24) is 10.6 Å². The summed E-state index contributed by atoms with van der Waals surface area (Å²) in [5.74, 6) is 1.58. The van der Waals surface area contributed by atoms with Gasteiger partial charge in [0.15, 0.2) is 5.96 Å². The van der Waals surface area contributed by atoms with Gasteiger partial charge >= 0.3 is 0 Å². The van der Waals surface area contributed by atoms with Gasteiger partial charge in [-0.05, 0) is 39.0 Å². The molecule has 0 saturated heterocycles. The van der Waals surface area contributed by atoms with Gasteiger partial charge in [0, 0.05) is 39.5 Å². The lowest BCUT2D eigenvalue weighted by Crippen LogP contribution is -2.39. The van der Waals surface area contributed by atoms with E-state index in [1.807, 2.05) is 6.92 Å². The largest absolute Gasteiger partial charge is 0.382 e. The smallest absolute Gasteiger partial charge is 0.191 e. The molecule has 0 aromatic rings. The average Bonchev–Trinajstić information content (AvgIpc) is 2.45. The van der Waals surface area contributed by atoms with Crippen LogP contribution in [0.4, 0.5) is 0 Å². The molecule has 2 N–H and O–H groups in total. The third kappa shape index (κ3) is 18.0. The molecule has 5 nitrogen and oxygen atoms in total. The van der Waals surface area contributed by atoms with Crippen LogP contribution < -0.4 is 10.6 Å². The molecule has 0 amide bonds. The second kappa shape index (κ2) is 19.0. The molecular weight excluding hydrogens is 393 g/mol. The summed E-state index contributed by atoms with van der Waals surface area (Å²) in [5.41, 5.74) is 0. The molecule has 0 rings (SSSR count). The van der Waals surface area contributed by atoms with Crippen LogP contribution in [0, 0.1) is 5.92 Å². The van der Waals surface area contributed by atoms with Crippen LogP contribution in [0.2, 0.25) is 0 Å². The lowest BCUT2D eigenvalue weighted by molar-refractivity contribution is 0.128. The van der Waals surface area contributed by atoms with E-state index in [2.05, 4.69) is 36.4 Å². The first-order valence-corrected chi connectivity index (χ1v) is 8.38. The highest BCUT2D eigenvalue weighted by atomic mass is 127. The molecule has 0 atom stereocenters. The Labute approximate surface area is 154 Å². The first-order valence-electron chi connectivity index (χ1n) is 8.38. The molecule has 0 aliphatic heterocycles. The van der Waals surface area contributed by atoms with Crippen molar-refractivity contribution >= 4 is 29.9 Å². The van der Waals surface area contributed by atoms with Gasteiger partial charge in [0.25, 0.3) is 0 Å². The van der Waals surface area contributed by atoms with Gasteiger partial charge in [-0.15, -0.1) is 24.0 Å². The first-order chi connectivity index (χ1) is 10.2. The molecule has 0 fully saturated rings. The topological polar surface area (TPSA) is 54.9 Å². The number of aliphatic imine (C=N–C) groups is 1. The highest BCUT2D eigenvalue weighted by Gasteiger charge is 1.97. The highest BCUT2D eigenvalue weighted by Crippen LogP contribution is 1.98. The van der Waals surface area contributed by atoms with Gasteiger partial charge in [0.2, 0.25) is 0 Å². The Morgan fingerprint density at radius 1 is 1.00 bits per heavy atom. The van der Waals surface area contributed by atoms with Gasteiger partial charge < -0.3 is 20.1 Å². The minimum atomic E-state index is 0. The summed E-state index contributed by atoms with van der Waals surface area (Å²) < 4.78 is 10.9. The fraction of sp³-hybridized carbons (Fsp3) is 0.938. The second-order valence-electron chi connectivity index (χ2n) is 5.39. The van der Waals surface area contributed by atoms with Crippen LogP contribution in [0.3, 0.4) is 0 Å². The van der Waals surface area contributed by atoms with E-state index in [1.54, 1.807) is 0 Å². The van der Waals surface area contributed by atoms with Crippen molar-refractivity contribution in [3.05, 3.63) is 0 Å². The number of nitrogens with one attached hydrogen (secondary N) is 2. The SMILES string of the molecule is CCNC(=NCCCCOCC)NCCOCCC(C)C.I. The standard InChI is InChI=1S/C16H35N3O2.HI/c1-5-17-16(18-10-7-8-12-20-6-2)19-11-14-21-13-9-15(3)4;/h15H,5-14H2,1-4H3,(H2,17,18,19);1H. The highest BCUT2D eigenvalue weighted by molar-refractivity contribution is 14.0. The molecule has 134 valence electrons. The summed E-state index contributed by atoms with van der Waals surface area (Å²) in [7, 11) is 0. The maximum atomic E-state index is 5.58. The van der Waals surface area contributed by atoms with Gasteiger partial charge in [-0.3, -0.25) is 4.99 Å². The molecule has 0 bridgehead atoms. The van der Waals surface area contributed by atoms with Crippen LogP contribution >= 0.6 is 24.0 Å². The van der Waals surface area contributed by atoms with E-state index >= 15 is 0 Å². The molecule has 0 aromatic heterocycles. The molecule has 0 unspecified atom stereocenters. The molecule has 6 heteroatoms. The Kier molecular flexibility index (Phi) is 20.8. The van der Waals surface area contributed by atoms with Crippen LogP contribution in [0.15, 0.2) is 4.99 Å². The molecule has 0 aliphatic rings. The third-order valence-electron chi connectivity index (χ3n) is 2.89. The van der Waals surface area contributed by atoms with Crippen molar-refractivity contribution in [2.45, 2.75) is 47.0 Å². The quantitative estimate of drug-likeness (QED) is 0.205. The zero-order chi connectivity index (χ0) is 15.8. The van der Waals surface area contributed by atoms with E-state index in [-0.39, 0.29) is 24.0 Å². The van der Waals surface area contributed by atoms with Gasteiger partial charge in [-0.1, -0.05) is 13.8 Å². The van der Waals surface area contributed by atoms with Crippen molar-refractivity contribution in [3.63, 3.8) is 0 Å². The normalized spacial score (nSPS) is 11.4. The summed E-state index contributed by atoms with van der Waals surface area (Å²) in [6, 6.07) is 0. The lowest BCUT2D eigenvalue weighted by atomic mass is 10.1. The minimum Gasteiger partial charge on any atom is -0.382 e. The maximum absolute atomic E-state index is 5.58. The number of unbranched alkanes of at least 4 members (excludes halogenated alkanes) is 1. The van der Waals surface area contributed by atoms with Crippen LogP contribution in [0.25, 0.3) is 0 Å². The zero-order valence-corrected chi connectivity index (χ0v) is 17.2. The molecule has 0 aromatic carbocycles. The summed E-state index contributed by atoms with van der Waals surface area (Å²) in [4.78, 5) is 4.54. The molecule has 0 saturated carbocycles. The zero-order valence-electron chi connectivity index (χ0n) is 14.8. The second-order valence-corrected chi connectivity index (χ2v) is 5.39. The van der Waals surface area contributed by atoms with Gasteiger partial charge in [0.1, 0.15) is 0 Å². The monoisotopic (exact) mass is 429 g/mol. The van der Waals surface area contributed by atoms with Crippen molar-refractivity contribution in [3.8, 4) is 0 Å². The summed E-state index contributed by atoms with van der Waals surface area (Å²) in [5, 5.41) is 6.54. The number of guanidine groups is 1. The Morgan fingerprint density at radius 2 is 1.77 bits per heavy atom. The Bertz CT molecular complexity index is 252. The molecule has 0 radical (unpaired) electrons. The fourth-order valence-corrected chi connectivity index (χ4v) is 1.66.